The van der Waals surface area contributed by atoms with Crippen molar-refractivity contribution in [1.82, 2.24) is 4.98 Å². The second-order valence-electron chi connectivity index (χ2n) is 3.09. The summed E-state index contributed by atoms with van der Waals surface area (Å²) in [4.78, 5) is 4.13. The highest BCUT2D eigenvalue weighted by Crippen LogP contribution is 2.28. The van der Waals surface area contributed by atoms with E-state index in [1.807, 2.05) is 30.3 Å². The normalized spacial score (nSPS) is 10.2. The van der Waals surface area contributed by atoms with Crippen molar-refractivity contribution in [3.05, 3.63) is 51.0 Å². The molecule has 1 heterocycles. The first-order chi connectivity index (χ1) is 7.65. The Balaban J connectivity index is 2.30. The molecule has 1 aromatic heterocycles. The molecule has 1 aromatic carbocycles. The average molecular weight is 318 g/mol. The molecule has 0 aliphatic carbocycles. The summed E-state index contributed by atoms with van der Waals surface area (Å²) in [5.41, 5.74) is 0.849. The van der Waals surface area contributed by atoms with Gasteiger partial charge in [0.15, 0.2) is 0 Å². The van der Waals surface area contributed by atoms with Gasteiger partial charge in [-0.1, -0.05) is 29.3 Å². The molecule has 0 aliphatic rings. The Morgan fingerprint density at radius 3 is 2.69 bits per heavy atom. The molecule has 0 saturated heterocycles. The third-order valence-corrected chi connectivity index (χ3v) is 3.04. The maximum absolute atomic E-state index is 5.91. The van der Waals surface area contributed by atoms with Gasteiger partial charge in [-0.2, -0.15) is 0 Å². The van der Waals surface area contributed by atoms with E-state index in [0.717, 1.165) is 10.2 Å². The van der Waals surface area contributed by atoms with Gasteiger partial charge in [0, 0.05) is 9.50 Å². The van der Waals surface area contributed by atoms with Gasteiger partial charge in [-0.05, 0) is 46.3 Å². The van der Waals surface area contributed by atoms with Crippen molar-refractivity contribution in [3.63, 3.8) is 0 Å². The zero-order valence-electron chi connectivity index (χ0n) is 8.05. The van der Waals surface area contributed by atoms with Gasteiger partial charge < -0.3 is 5.32 Å². The summed E-state index contributed by atoms with van der Waals surface area (Å²) < 4.78 is 0.915. The molecule has 16 heavy (non-hydrogen) atoms. The molecule has 0 amide bonds. The highest BCUT2D eigenvalue weighted by atomic mass is 79.9. The standard InChI is InChI=1S/C11H7BrCl2N2/c12-8-5-4-7(13)6-9(8)15-11-3-1-2-10(14)16-11/h1-6H,(H,15,16). The lowest BCUT2D eigenvalue weighted by Gasteiger charge is -2.08. The van der Waals surface area contributed by atoms with E-state index in [4.69, 9.17) is 23.2 Å². The fourth-order valence-corrected chi connectivity index (χ4v) is 1.89. The summed E-state index contributed by atoms with van der Waals surface area (Å²) in [5.74, 6) is 0.676. The van der Waals surface area contributed by atoms with Crippen LogP contribution in [0, 0.1) is 0 Å². The molecule has 2 aromatic rings. The topological polar surface area (TPSA) is 24.9 Å². The number of rotatable bonds is 2. The maximum Gasteiger partial charge on any atom is 0.132 e. The van der Waals surface area contributed by atoms with Crippen LogP contribution in [0.15, 0.2) is 40.9 Å². The number of halogens is 3. The fourth-order valence-electron chi connectivity index (χ4n) is 1.21. The minimum absolute atomic E-state index is 0.447. The SMILES string of the molecule is Clc1ccc(Br)c(Nc2cccc(Cl)n2)c1. The third-order valence-electron chi connectivity index (χ3n) is 1.91. The van der Waals surface area contributed by atoms with Crippen LogP contribution < -0.4 is 5.32 Å². The highest BCUT2D eigenvalue weighted by Gasteiger charge is 2.02. The molecule has 0 saturated carbocycles. The van der Waals surface area contributed by atoms with Crippen LogP contribution in [-0.4, -0.2) is 4.98 Å². The van der Waals surface area contributed by atoms with Gasteiger partial charge in [0.25, 0.3) is 0 Å². The molecule has 82 valence electrons. The molecule has 0 spiro atoms. The van der Waals surface area contributed by atoms with Crippen LogP contribution in [-0.2, 0) is 0 Å². The molecular formula is C11H7BrCl2N2. The summed E-state index contributed by atoms with van der Waals surface area (Å²) in [7, 11) is 0. The highest BCUT2D eigenvalue weighted by molar-refractivity contribution is 9.10. The van der Waals surface area contributed by atoms with Crippen LogP contribution in [0.25, 0.3) is 0 Å². The molecule has 0 unspecified atom stereocenters. The third kappa shape index (κ3) is 2.88. The zero-order valence-corrected chi connectivity index (χ0v) is 11.1. The monoisotopic (exact) mass is 316 g/mol. The minimum Gasteiger partial charge on any atom is -0.339 e. The van der Waals surface area contributed by atoms with Crippen molar-refractivity contribution in [1.29, 1.82) is 0 Å². The van der Waals surface area contributed by atoms with Gasteiger partial charge in [-0.3, -0.25) is 0 Å². The van der Waals surface area contributed by atoms with Gasteiger partial charge in [0.05, 0.1) is 5.69 Å². The minimum atomic E-state index is 0.447. The van der Waals surface area contributed by atoms with Crippen molar-refractivity contribution in [2.24, 2.45) is 0 Å². The number of pyridine rings is 1. The first-order valence-corrected chi connectivity index (χ1v) is 6.05. The molecule has 2 nitrogen and oxygen atoms in total. The second kappa shape index (κ2) is 5.04. The molecule has 0 fully saturated rings. The van der Waals surface area contributed by atoms with E-state index < -0.39 is 0 Å². The van der Waals surface area contributed by atoms with E-state index in [1.54, 1.807) is 6.07 Å². The van der Waals surface area contributed by atoms with Gasteiger partial charge in [0.1, 0.15) is 11.0 Å². The number of nitrogens with zero attached hydrogens (tertiary/aromatic N) is 1. The second-order valence-corrected chi connectivity index (χ2v) is 4.77. The molecule has 2 rings (SSSR count). The average Bonchev–Trinajstić information content (AvgIpc) is 2.24. The lowest BCUT2D eigenvalue weighted by molar-refractivity contribution is 1.30. The van der Waals surface area contributed by atoms with Crippen LogP contribution in [0.1, 0.15) is 0 Å². The van der Waals surface area contributed by atoms with Crippen molar-refractivity contribution >= 4 is 50.6 Å². The van der Waals surface area contributed by atoms with E-state index >= 15 is 0 Å². The zero-order chi connectivity index (χ0) is 11.5. The molecule has 0 aliphatic heterocycles. The molecule has 5 heteroatoms. The van der Waals surface area contributed by atoms with E-state index in [2.05, 4.69) is 26.2 Å². The summed E-state index contributed by atoms with van der Waals surface area (Å²) in [5, 5.41) is 4.23. The Morgan fingerprint density at radius 2 is 1.94 bits per heavy atom. The lowest BCUT2D eigenvalue weighted by Crippen LogP contribution is -1.94. The lowest BCUT2D eigenvalue weighted by atomic mass is 10.3. The largest absolute Gasteiger partial charge is 0.339 e. The Kier molecular flexibility index (Phi) is 3.69. The van der Waals surface area contributed by atoms with Gasteiger partial charge in [-0.25, -0.2) is 4.98 Å². The summed E-state index contributed by atoms with van der Waals surface area (Å²) >= 11 is 15.1. The Hall–Kier alpha value is -0.770. The molecule has 0 atom stereocenters. The van der Waals surface area contributed by atoms with Crippen molar-refractivity contribution in [2.75, 3.05) is 5.32 Å². The Bertz CT molecular complexity index is 517. The summed E-state index contributed by atoms with van der Waals surface area (Å²) in [6.07, 6.45) is 0. The van der Waals surface area contributed by atoms with Crippen LogP contribution in [0.4, 0.5) is 11.5 Å². The summed E-state index contributed by atoms with van der Waals surface area (Å²) in [6, 6.07) is 10.9. The van der Waals surface area contributed by atoms with Crippen molar-refractivity contribution in [2.45, 2.75) is 0 Å². The molecular weight excluding hydrogens is 311 g/mol. The first kappa shape index (κ1) is 11.7. The van der Waals surface area contributed by atoms with E-state index in [-0.39, 0.29) is 0 Å². The van der Waals surface area contributed by atoms with Gasteiger partial charge in [0.2, 0.25) is 0 Å². The predicted octanol–water partition coefficient (Wildman–Crippen LogP) is 4.89. The number of anilines is 2. The maximum atomic E-state index is 5.91. The summed E-state index contributed by atoms with van der Waals surface area (Å²) in [6.45, 7) is 0. The first-order valence-electron chi connectivity index (χ1n) is 4.50. The van der Waals surface area contributed by atoms with Gasteiger partial charge in [-0.15, -0.1) is 0 Å². The molecule has 0 bridgehead atoms. The van der Waals surface area contributed by atoms with Crippen LogP contribution in [0.3, 0.4) is 0 Å². The molecule has 0 radical (unpaired) electrons. The number of nitrogens with one attached hydrogen (secondary N) is 1. The number of aromatic nitrogens is 1. The molecule has 1 N–H and O–H groups in total. The quantitative estimate of drug-likeness (QED) is 0.797. The van der Waals surface area contributed by atoms with Crippen LogP contribution in [0.2, 0.25) is 10.2 Å². The van der Waals surface area contributed by atoms with Crippen LogP contribution >= 0.6 is 39.1 Å². The van der Waals surface area contributed by atoms with E-state index in [0.29, 0.717) is 16.0 Å². The van der Waals surface area contributed by atoms with Crippen molar-refractivity contribution < 1.29 is 0 Å². The smallest absolute Gasteiger partial charge is 0.132 e. The fraction of sp³-hybridized carbons (Fsp3) is 0. The van der Waals surface area contributed by atoms with E-state index in [9.17, 15) is 0 Å². The van der Waals surface area contributed by atoms with E-state index in [1.165, 1.54) is 0 Å². The number of benzene rings is 1. The van der Waals surface area contributed by atoms with Crippen LogP contribution in [0.5, 0.6) is 0 Å². The Labute approximate surface area is 112 Å². The number of hydrogen-bond donors (Lipinski definition) is 1. The number of hydrogen-bond acceptors (Lipinski definition) is 2. The Morgan fingerprint density at radius 1 is 1.12 bits per heavy atom. The van der Waals surface area contributed by atoms with Gasteiger partial charge >= 0.3 is 0 Å². The predicted molar refractivity (Wildman–Crippen MR) is 71.7 cm³/mol. The van der Waals surface area contributed by atoms with Crippen molar-refractivity contribution in [3.8, 4) is 0 Å².